The van der Waals surface area contributed by atoms with Crippen molar-refractivity contribution in [1.82, 2.24) is 0 Å². The predicted octanol–water partition coefficient (Wildman–Crippen LogP) is 6.10. The number of rotatable bonds is 6. The lowest BCUT2D eigenvalue weighted by atomic mass is 9.50. The molecular formula is C31H48O6. The van der Waals surface area contributed by atoms with Crippen LogP contribution in [0.15, 0.2) is 0 Å². The van der Waals surface area contributed by atoms with Gasteiger partial charge in [0, 0.05) is 11.8 Å². The molecule has 0 aromatic rings. The molecule has 0 amide bonds. The number of ether oxygens (including phenoxy) is 3. The fourth-order valence-electron chi connectivity index (χ4n) is 8.26. The molecule has 208 valence electrons. The summed E-state index contributed by atoms with van der Waals surface area (Å²) in [6.07, 6.45) is 9.67. The third-order valence-electron chi connectivity index (χ3n) is 11.6. The van der Waals surface area contributed by atoms with Crippen molar-refractivity contribution in [3.8, 4) is 0 Å². The highest BCUT2D eigenvalue weighted by Gasteiger charge is 2.63. The van der Waals surface area contributed by atoms with Crippen LogP contribution in [0, 0.1) is 52.3 Å². The molecule has 7 aliphatic rings. The van der Waals surface area contributed by atoms with E-state index in [2.05, 4.69) is 13.8 Å². The van der Waals surface area contributed by atoms with E-state index < -0.39 is 5.41 Å². The molecule has 5 unspecified atom stereocenters. The van der Waals surface area contributed by atoms with E-state index in [-0.39, 0.29) is 47.0 Å². The number of carbonyl (C=O) groups excluding carboxylic acids is 3. The summed E-state index contributed by atoms with van der Waals surface area (Å²) in [4.78, 5) is 36.2. The molecule has 6 bridgehead atoms. The van der Waals surface area contributed by atoms with E-state index in [1.54, 1.807) is 0 Å². The molecule has 6 aliphatic carbocycles. The molecule has 37 heavy (non-hydrogen) atoms. The van der Waals surface area contributed by atoms with Crippen molar-refractivity contribution in [1.29, 1.82) is 0 Å². The van der Waals surface area contributed by atoms with Crippen molar-refractivity contribution in [2.45, 2.75) is 124 Å². The van der Waals surface area contributed by atoms with E-state index in [0.717, 1.165) is 37.5 Å². The lowest BCUT2D eigenvalue weighted by Gasteiger charge is -2.59. The third kappa shape index (κ3) is 4.52. The van der Waals surface area contributed by atoms with Gasteiger partial charge >= 0.3 is 17.9 Å². The summed E-state index contributed by atoms with van der Waals surface area (Å²) in [5, 5.41) is 0. The summed E-state index contributed by atoms with van der Waals surface area (Å²) in [7, 11) is 0. The van der Waals surface area contributed by atoms with E-state index in [1.165, 1.54) is 32.1 Å². The lowest BCUT2D eigenvalue weighted by molar-refractivity contribution is -0.211. The van der Waals surface area contributed by atoms with Crippen LogP contribution >= 0.6 is 0 Å². The second-order valence-corrected chi connectivity index (χ2v) is 14.6. The fraction of sp³-hybridized carbons (Fsp3) is 0.903. The molecule has 1 heterocycles. The number of esters is 3. The van der Waals surface area contributed by atoms with E-state index in [0.29, 0.717) is 23.7 Å². The first kappa shape index (κ1) is 27.0. The summed E-state index contributed by atoms with van der Waals surface area (Å²) >= 11 is 0. The lowest BCUT2D eigenvalue weighted by Crippen LogP contribution is -2.58. The van der Waals surface area contributed by atoms with Gasteiger partial charge in [-0.25, -0.2) is 0 Å². The summed E-state index contributed by atoms with van der Waals surface area (Å²) in [6.45, 7) is 14.1. The molecule has 6 nitrogen and oxygen atoms in total. The van der Waals surface area contributed by atoms with Gasteiger partial charge in [0.05, 0.1) is 16.7 Å². The normalized spacial score (nSPS) is 42.8. The van der Waals surface area contributed by atoms with Gasteiger partial charge in [-0.1, -0.05) is 13.8 Å². The fourth-order valence-corrected chi connectivity index (χ4v) is 8.26. The predicted molar refractivity (Wildman–Crippen MR) is 139 cm³/mol. The number of fused-ring (bicyclic) bond motifs is 1. The Morgan fingerprint density at radius 3 is 1.95 bits per heavy atom. The summed E-state index contributed by atoms with van der Waals surface area (Å²) in [5.74, 6) is 3.57. The van der Waals surface area contributed by atoms with Crippen molar-refractivity contribution in [2.75, 3.05) is 0 Å². The van der Waals surface area contributed by atoms with Crippen LogP contribution in [0.2, 0.25) is 0 Å². The van der Waals surface area contributed by atoms with Crippen LogP contribution in [0.5, 0.6) is 0 Å². The topological polar surface area (TPSA) is 78.9 Å². The molecule has 0 radical (unpaired) electrons. The summed E-state index contributed by atoms with van der Waals surface area (Å²) in [6, 6.07) is 0. The van der Waals surface area contributed by atoms with E-state index in [1.807, 2.05) is 34.6 Å². The third-order valence-corrected chi connectivity index (χ3v) is 11.6. The summed E-state index contributed by atoms with van der Waals surface area (Å²) in [5.41, 5.74) is -0.960. The first-order chi connectivity index (χ1) is 17.3. The zero-order chi connectivity index (χ0) is 26.9. The van der Waals surface area contributed by atoms with Gasteiger partial charge in [-0.3, -0.25) is 14.4 Å². The Kier molecular flexibility index (Phi) is 6.75. The Morgan fingerprint density at radius 2 is 1.41 bits per heavy atom. The zero-order valence-corrected chi connectivity index (χ0v) is 24.0. The maximum Gasteiger partial charge on any atom is 0.312 e. The van der Waals surface area contributed by atoms with Crippen molar-refractivity contribution in [3.63, 3.8) is 0 Å². The molecule has 0 N–H and O–H groups in total. The first-order valence-corrected chi connectivity index (χ1v) is 14.9. The maximum atomic E-state index is 12.5. The molecule has 0 aromatic heterocycles. The van der Waals surface area contributed by atoms with Crippen molar-refractivity contribution < 1.29 is 28.6 Å². The number of carbonyl (C=O) groups is 3. The molecule has 6 saturated carbocycles. The van der Waals surface area contributed by atoms with Crippen LogP contribution in [0.1, 0.15) is 106 Å². The van der Waals surface area contributed by atoms with Gasteiger partial charge in [-0.05, 0) is 116 Å². The Hall–Kier alpha value is -1.59. The first-order valence-electron chi connectivity index (χ1n) is 14.9. The highest BCUT2D eigenvalue weighted by Crippen LogP contribution is 2.60. The summed E-state index contributed by atoms with van der Waals surface area (Å²) < 4.78 is 17.2. The average molecular weight is 517 g/mol. The van der Waals surface area contributed by atoms with Gasteiger partial charge in [0.1, 0.15) is 17.8 Å². The molecule has 5 atom stereocenters. The zero-order valence-electron chi connectivity index (χ0n) is 24.0. The van der Waals surface area contributed by atoms with Gasteiger partial charge in [0.2, 0.25) is 0 Å². The standard InChI is InChI=1S/C17H28O2.C14H20O4/c1-5-16(2,3)15(18)19-17(4)13-7-11-6-12(9-13)10-14(17)8-11;1-4-14(2,3)13(16)18-10-7-5-8-9(6-7)12(15)17-11(8)10/h11-14H,5-10H2,1-4H3;7-11H,4-6H2,1-3H3. The van der Waals surface area contributed by atoms with E-state index in [4.69, 9.17) is 14.2 Å². The SMILES string of the molecule is CCC(C)(C)C(=O)OC1(C)C2CC3CC(C2)CC1C3.CCC(C)(C)C(=O)OC1C2CC3C(=O)OC1C3C2. The van der Waals surface area contributed by atoms with Crippen LogP contribution in [0.3, 0.4) is 0 Å². The molecular weight excluding hydrogens is 468 g/mol. The van der Waals surface area contributed by atoms with Crippen LogP contribution in [0.25, 0.3) is 0 Å². The van der Waals surface area contributed by atoms with Crippen LogP contribution < -0.4 is 0 Å². The van der Waals surface area contributed by atoms with Crippen LogP contribution in [0.4, 0.5) is 0 Å². The van der Waals surface area contributed by atoms with Gasteiger partial charge in [-0.15, -0.1) is 0 Å². The van der Waals surface area contributed by atoms with E-state index in [9.17, 15) is 14.4 Å². The van der Waals surface area contributed by atoms with Crippen molar-refractivity contribution in [2.24, 2.45) is 52.3 Å². The van der Waals surface area contributed by atoms with Gasteiger partial charge in [-0.2, -0.15) is 0 Å². The van der Waals surface area contributed by atoms with E-state index >= 15 is 0 Å². The minimum absolute atomic E-state index is 0.0185. The molecule has 0 spiro atoms. The van der Waals surface area contributed by atoms with Crippen molar-refractivity contribution >= 4 is 17.9 Å². The minimum atomic E-state index is -0.455. The Balaban J connectivity index is 0.000000152. The van der Waals surface area contributed by atoms with Gasteiger partial charge in [0.25, 0.3) is 0 Å². The quantitative estimate of drug-likeness (QED) is 0.314. The number of hydrogen-bond acceptors (Lipinski definition) is 6. The van der Waals surface area contributed by atoms with Crippen LogP contribution in [-0.4, -0.2) is 35.7 Å². The molecule has 7 fully saturated rings. The van der Waals surface area contributed by atoms with Gasteiger partial charge < -0.3 is 14.2 Å². The Morgan fingerprint density at radius 1 is 0.865 bits per heavy atom. The Labute approximate surface area is 222 Å². The maximum absolute atomic E-state index is 12.5. The highest BCUT2D eigenvalue weighted by atomic mass is 16.6. The molecule has 1 saturated heterocycles. The second-order valence-electron chi connectivity index (χ2n) is 14.6. The largest absolute Gasteiger partial charge is 0.458 e. The van der Waals surface area contributed by atoms with Crippen LogP contribution in [-0.2, 0) is 28.6 Å². The number of hydrogen-bond donors (Lipinski definition) is 0. The monoisotopic (exact) mass is 516 g/mol. The van der Waals surface area contributed by atoms with Crippen molar-refractivity contribution in [3.05, 3.63) is 0 Å². The Bertz CT molecular complexity index is 906. The highest BCUT2D eigenvalue weighted by molar-refractivity contribution is 5.78. The second kappa shape index (κ2) is 9.26. The smallest absolute Gasteiger partial charge is 0.312 e. The molecule has 7 rings (SSSR count). The average Bonchev–Trinajstić information content (AvgIpc) is 3.48. The van der Waals surface area contributed by atoms with Gasteiger partial charge in [0.15, 0.2) is 0 Å². The molecule has 1 aliphatic heterocycles. The molecule has 0 aromatic carbocycles. The molecule has 6 heteroatoms. The minimum Gasteiger partial charge on any atom is -0.458 e.